The Morgan fingerprint density at radius 2 is 1.80 bits per heavy atom. The molecule has 1 aliphatic rings. The van der Waals surface area contributed by atoms with Gasteiger partial charge in [-0.3, -0.25) is 10.1 Å². The van der Waals surface area contributed by atoms with Crippen molar-refractivity contribution in [3.63, 3.8) is 0 Å². The molecule has 6 heteroatoms. The molecule has 1 heterocycles. The van der Waals surface area contributed by atoms with Crippen molar-refractivity contribution in [3.8, 4) is 11.3 Å². The molecule has 30 heavy (non-hydrogen) atoms. The minimum absolute atomic E-state index is 0.118. The van der Waals surface area contributed by atoms with Gasteiger partial charge in [-0.2, -0.15) is 0 Å². The number of aromatic nitrogens is 1. The molecule has 0 atom stereocenters. The van der Waals surface area contributed by atoms with Gasteiger partial charge >= 0.3 is 0 Å². The molecular weight excluding hydrogens is 394 g/mol. The van der Waals surface area contributed by atoms with E-state index in [0.717, 1.165) is 28.3 Å². The van der Waals surface area contributed by atoms with Gasteiger partial charge in [0.05, 0.1) is 16.3 Å². The van der Waals surface area contributed by atoms with Gasteiger partial charge in [0.25, 0.3) is 5.69 Å². The predicted molar refractivity (Wildman–Crippen MR) is 122 cm³/mol. The molecule has 156 valence electrons. The van der Waals surface area contributed by atoms with Crippen LogP contribution in [0.5, 0.6) is 0 Å². The molecule has 1 fully saturated rings. The highest BCUT2D eigenvalue weighted by atomic mass is 32.1. The number of benzene rings is 2. The zero-order chi connectivity index (χ0) is 21.1. The molecule has 0 amide bonds. The lowest BCUT2D eigenvalue weighted by atomic mass is 9.89. The fourth-order valence-corrected chi connectivity index (χ4v) is 5.05. The van der Waals surface area contributed by atoms with E-state index in [1.54, 1.807) is 23.5 Å². The van der Waals surface area contributed by atoms with Gasteiger partial charge in [0.15, 0.2) is 4.80 Å². The van der Waals surface area contributed by atoms with E-state index >= 15 is 0 Å². The van der Waals surface area contributed by atoms with E-state index in [4.69, 9.17) is 4.99 Å². The van der Waals surface area contributed by atoms with Gasteiger partial charge in [0.2, 0.25) is 0 Å². The molecule has 0 bridgehead atoms. The van der Waals surface area contributed by atoms with E-state index in [1.807, 2.05) is 12.1 Å². The summed E-state index contributed by atoms with van der Waals surface area (Å²) < 4.78 is 2.32. The smallest absolute Gasteiger partial charge is 0.269 e. The Kier molecular flexibility index (Phi) is 6.13. The molecule has 0 aliphatic heterocycles. The van der Waals surface area contributed by atoms with Gasteiger partial charge in [-0.05, 0) is 73.6 Å². The first-order valence-electron chi connectivity index (χ1n) is 10.6. The third-order valence-electron chi connectivity index (χ3n) is 6.05. The van der Waals surface area contributed by atoms with E-state index in [2.05, 4.69) is 42.0 Å². The molecule has 1 aliphatic carbocycles. The van der Waals surface area contributed by atoms with Crippen LogP contribution in [0.1, 0.15) is 43.2 Å². The number of thiazole rings is 1. The Balaban J connectivity index is 1.76. The Morgan fingerprint density at radius 3 is 2.47 bits per heavy atom. The van der Waals surface area contributed by atoms with Crippen LogP contribution in [-0.2, 0) is 6.54 Å². The van der Waals surface area contributed by atoms with Gasteiger partial charge in [0, 0.05) is 24.1 Å². The van der Waals surface area contributed by atoms with Crippen molar-refractivity contribution in [1.29, 1.82) is 0 Å². The van der Waals surface area contributed by atoms with E-state index < -0.39 is 0 Å². The maximum atomic E-state index is 11.0. The highest BCUT2D eigenvalue weighted by Gasteiger charge is 2.18. The van der Waals surface area contributed by atoms with Crippen LogP contribution < -0.4 is 4.80 Å². The van der Waals surface area contributed by atoms with Crippen molar-refractivity contribution >= 4 is 22.7 Å². The summed E-state index contributed by atoms with van der Waals surface area (Å²) in [7, 11) is 0. The SMILES string of the molecule is Cc1ccc(N=c2scc(-c3ccc([N+](=O)[O-])cc3)n2CC2CCCCC2)cc1C. The largest absolute Gasteiger partial charge is 0.316 e. The molecule has 0 spiro atoms. The Morgan fingerprint density at radius 1 is 1.07 bits per heavy atom. The molecule has 0 N–H and O–H groups in total. The van der Waals surface area contributed by atoms with Crippen LogP contribution >= 0.6 is 11.3 Å². The van der Waals surface area contributed by atoms with Gasteiger partial charge in [-0.15, -0.1) is 11.3 Å². The minimum atomic E-state index is -0.353. The summed E-state index contributed by atoms with van der Waals surface area (Å²) in [4.78, 5) is 16.6. The lowest BCUT2D eigenvalue weighted by Gasteiger charge is -2.23. The van der Waals surface area contributed by atoms with Crippen molar-refractivity contribution in [2.75, 3.05) is 0 Å². The first-order valence-corrected chi connectivity index (χ1v) is 11.4. The molecule has 4 rings (SSSR count). The number of nitrogens with zero attached hydrogens (tertiary/aromatic N) is 3. The third-order valence-corrected chi connectivity index (χ3v) is 6.92. The average Bonchev–Trinajstić information content (AvgIpc) is 3.13. The van der Waals surface area contributed by atoms with Gasteiger partial charge < -0.3 is 4.57 Å². The molecule has 3 aromatic rings. The quantitative estimate of drug-likeness (QED) is 0.346. The number of rotatable bonds is 5. The highest BCUT2D eigenvalue weighted by Crippen LogP contribution is 2.29. The topological polar surface area (TPSA) is 60.4 Å². The molecule has 1 aromatic heterocycles. The van der Waals surface area contributed by atoms with Crippen molar-refractivity contribution < 1.29 is 4.92 Å². The summed E-state index contributed by atoms with van der Waals surface area (Å²) in [5.74, 6) is 0.656. The lowest BCUT2D eigenvalue weighted by Crippen LogP contribution is -2.22. The standard InChI is InChI=1S/C24H27N3O2S/c1-17-8-11-21(14-18(17)2)25-24-26(15-19-6-4-3-5-7-19)23(16-30-24)20-9-12-22(13-10-20)27(28)29/h8-14,16,19H,3-7,15H2,1-2H3. The maximum absolute atomic E-state index is 11.0. The first kappa shape index (κ1) is 20.5. The summed E-state index contributed by atoms with van der Waals surface area (Å²) in [6.45, 7) is 5.17. The van der Waals surface area contributed by atoms with Crippen LogP contribution in [0.15, 0.2) is 52.8 Å². The van der Waals surface area contributed by atoms with Crippen molar-refractivity contribution in [1.82, 2.24) is 4.57 Å². The Bertz CT molecular complexity index is 1110. The fourth-order valence-electron chi connectivity index (χ4n) is 4.11. The van der Waals surface area contributed by atoms with Crippen LogP contribution in [0.3, 0.4) is 0 Å². The summed E-state index contributed by atoms with van der Waals surface area (Å²) in [5.41, 5.74) is 5.67. The number of nitro groups is 1. The monoisotopic (exact) mass is 421 g/mol. The summed E-state index contributed by atoms with van der Waals surface area (Å²) in [5, 5.41) is 13.2. The van der Waals surface area contributed by atoms with E-state index in [1.165, 1.54) is 43.2 Å². The molecule has 2 aromatic carbocycles. The first-order chi connectivity index (χ1) is 14.5. The minimum Gasteiger partial charge on any atom is -0.316 e. The van der Waals surface area contributed by atoms with Crippen LogP contribution in [0.4, 0.5) is 11.4 Å². The number of hydrogen-bond acceptors (Lipinski definition) is 4. The third kappa shape index (κ3) is 4.54. The van der Waals surface area contributed by atoms with E-state index in [9.17, 15) is 10.1 Å². The Hall–Kier alpha value is -2.73. The fraction of sp³-hybridized carbons (Fsp3) is 0.375. The van der Waals surface area contributed by atoms with Crippen LogP contribution in [-0.4, -0.2) is 9.49 Å². The number of aryl methyl sites for hydroxylation is 2. The lowest BCUT2D eigenvalue weighted by molar-refractivity contribution is -0.384. The van der Waals surface area contributed by atoms with Crippen LogP contribution in [0, 0.1) is 29.9 Å². The molecule has 0 saturated heterocycles. The predicted octanol–water partition coefficient (Wildman–Crippen LogP) is 6.55. The maximum Gasteiger partial charge on any atom is 0.269 e. The van der Waals surface area contributed by atoms with Gasteiger partial charge in [0.1, 0.15) is 0 Å². The number of hydrogen-bond donors (Lipinski definition) is 0. The molecule has 5 nitrogen and oxygen atoms in total. The summed E-state index contributed by atoms with van der Waals surface area (Å²) in [6, 6.07) is 13.2. The second-order valence-corrected chi connectivity index (χ2v) is 9.04. The molecule has 0 radical (unpaired) electrons. The number of non-ortho nitro benzene ring substituents is 1. The van der Waals surface area contributed by atoms with Crippen LogP contribution in [0.25, 0.3) is 11.3 Å². The normalized spacial score (nSPS) is 15.5. The highest BCUT2D eigenvalue weighted by molar-refractivity contribution is 7.07. The molecule has 1 saturated carbocycles. The van der Waals surface area contributed by atoms with Crippen molar-refractivity contribution in [2.24, 2.45) is 10.9 Å². The van der Waals surface area contributed by atoms with Gasteiger partial charge in [-0.25, -0.2) is 4.99 Å². The second kappa shape index (κ2) is 8.96. The van der Waals surface area contributed by atoms with Crippen LogP contribution in [0.2, 0.25) is 0 Å². The van der Waals surface area contributed by atoms with Crippen molar-refractivity contribution in [3.05, 3.63) is 73.9 Å². The summed E-state index contributed by atoms with van der Waals surface area (Å²) in [6.07, 6.45) is 6.44. The zero-order valence-corrected chi connectivity index (χ0v) is 18.3. The molecule has 0 unspecified atom stereocenters. The average molecular weight is 422 g/mol. The zero-order valence-electron chi connectivity index (χ0n) is 17.5. The molecular formula is C24H27N3O2S. The summed E-state index contributed by atoms with van der Waals surface area (Å²) >= 11 is 1.64. The van der Waals surface area contributed by atoms with E-state index in [-0.39, 0.29) is 10.6 Å². The Labute approximate surface area is 180 Å². The second-order valence-electron chi connectivity index (χ2n) is 8.20. The van der Waals surface area contributed by atoms with E-state index in [0.29, 0.717) is 5.92 Å². The number of nitro benzene ring substituents is 1. The van der Waals surface area contributed by atoms with Gasteiger partial charge in [-0.1, -0.05) is 25.3 Å². The van der Waals surface area contributed by atoms with Crippen molar-refractivity contribution in [2.45, 2.75) is 52.5 Å².